The number of benzene rings is 5. The topological polar surface area (TPSA) is 201 Å². The van der Waals surface area contributed by atoms with Gasteiger partial charge in [0.15, 0.2) is 16.7 Å². The first-order valence-corrected chi connectivity index (χ1v) is 31.3. The van der Waals surface area contributed by atoms with Crippen molar-refractivity contribution in [2.75, 3.05) is 42.2 Å². The van der Waals surface area contributed by atoms with E-state index in [1.807, 2.05) is 80.3 Å². The standard InChI is InChI=1S/C58H65N3O13S4/c1-8-44(62)19-21-58(3,4)76-75-22-20-53(77(66,67)71-6)55(63)59-42-25-36(24-37(26-42)34-74-52-29-38-17-18-43-27-39-13-9-11-15-47(39)60(43)56(64)46(38)32-51(52)70-5)33-73-50-30-41-31-54(78(68,69)72-7)49-28-40-14-10-12-16-48(40)61(49)57(65)45(41)23-35(50)2/h9-16,23-26,29-30,32,43,49,53-54H,8,17-22,27-28,31,33-34H2,1-7H3,(H,59,63)/t43-,49+,53?,54?/m1/s1. The van der Waals surface area contributed by atoms with Gasteiger partial charge in [-0.2, -0.15) is 16.8 Å². The highest BCUT2D eigenvalue weighted by molar-refractivity contribution is 8.77. The first kappa shape index (κ1) is 56.8. The first-order valence-electron chi connectivity index (χ1n) is 26.0. The lowest BCUT2D eigenvalue weighted by molar-refractivity contribution is -0.119. The molecule has 5 aromatic carbocycles. The summed E-state index contributed by atoms with van der Waals surface area (Å²) < 4.78 is 82.6. The van der Waals surface area contributed by atoms with Crippen LogP contribution in [-0.4, -0.2) is 94.8 Å². The van der Waals surface area contributed by atoms with E-state index in [0.29, 0.717) is 94.2 Å². The lowest BCUT2D eigenvalue weighted by Gasteiger charge is -2.28. The maximum absolute atomic E-state index is 14.5. The molecule has 9 rings (SSSR count). The van der Waals surface area contributed by atoms with Crippen molar-refractivity contribution in [1.29, 1.82) is 0 Å². The second kappa shape index (κ2) is 23.4. The van der Waals surface area contributed by atoms with Crippen LogP contribution < -0.4 is 29.3 Å². The molecular formula is C58H65N3O13S4. The van der Waals surface area contributed by atoms with E-state index in [-0.39, 0.29) is 60.1 Å². The molecule has 1 N–H and O–H groups in total. The second-order valence-corrected chi connectivity index (χ2v) is 27.6. The lowest BCUT2D eigenvalue weighted by Crippen LogP contribution is -2.47. The van der Waals surface area contributed by atoms with Gasteiger partial charge in [-0.15, -0.1) is 0 Å². The molecule has 0 aromatic heterocycles. The first-order chi connectivity index (χ1) is 37.2. The highest BCUT2D eigenvalue weighted by Gasteiger charge is 2.48. The highest BCUT2D eigenvalue weighted by Crippen LogP contribution is 2.44. The smallest absolute Gasteiger partial charge is 0.279 e. The molecule has 0 bridgehead atoms. The van der Waals surface area contributed by atoms with Crippen molar-refractivity contribution in [2.45, 2.75) is 126 Å². The zero-order chi connectivity index (χ0) is 55.7. The molecule has 4 aliphatic heterocycles. The van der Waals surface area contributed by atoms with Crippen molar-refractivity contribution in [1.82, 2.24) is 0 Å². The Kier molecular flexibility index (Phi) is 17.1. The van der Waals surface area contributed by atoms with Crippen molar-refractivity contribution in [3.05, 3.63) is 141 Å². The molecule has 4 heterocycles. The normalized spacial score (nSPS) is 18.1. The summed E-state index contributed by atoms with van der Waals surface area (Å²) in [7, 11) is -1.89. The third-order valence-electron chi connectivity index (χ3n) is 15.1. The minimum absolute atomic E-state index is 0.0143. The zero-order valence-electron chi connectivity index (χ0n) is 44.8. The van der Waals surface area contributed by atoms with Gasteiger partial charge in [-0.1, -0.05) is 64.9 Å². The largest absolute Gasteiger partial charge is 0.493 e. The average molecular weight is 1140 g/mol. The third-order valence-corrected chi connectivity index (χ3v) is 21.8. The number of amides is 3. The Morgan fingerprint density at radius 2 is 1.37 bits per heavy atom. The molecule has 3 amide bonds. The third kappa shape index (κ3) is 12.0. The van der Waals surface area contributed by atoms with Crippen LogP contribution in [0.2, 0.25) is 0 Å². The summed E-state index contributed by atoms with van der Waals surface area (Å²) in [5, 5.41) is 0.180. The molecule has 5 aromatic rings. The number of methoxy groups -OCH3 is 1. The minimum Gasteiger partial charge on any atom is -0.493 e. The van der Waals surface area contributed by atoms with Crippen LogP contribution in [0.4, 0.5) is 17.1 Å². The maximum Gasteiger partial charge on any atom is 0.279 e. The van der Waals surface area contributed by atoms with Gasteiger partial charge in [0.25, 0.3) is 32.1 Å². The minimum atomic E-state index is -4.37. The number of rotatable bonds is 22. The molecule has 20 heteroatoms. The van der Waals surface area contributed by atoms with E-state index in [9.17, 15) is 36.0 Å². The van der Waals surface area contributed by atoms with E-state index in [2.05, 4.69) is 11.4 Å². The van der Waals surface area contributed by atoms with Crippen LogP contribution in [0.3, 0.4) is 0 Å². The van der Waals surface area contributed by atoms with E-state index in [1.54, 1.807) is 42.2 Å². The van der Waals surface area contributed by atoms with Gasteiger partial charge in [-0.3, -0.25) is 27.5 Å². The van der Waals surface area contributed by atoms with Gasteiger partial charge in [0.1, 0.15) is 30.0 Å². The molecule has 0 spiro atoms. The van der Waals surface area contributed by atoms with Crippen LogP contribution in [-0.2, 0) is 77.1 Å². The van der Waals surface area contributed by atoms with Gasteiger partial charge >= 0.3 is 0 Å². The van der Waals surface area contributed by atoms with Crippen LogP contribution in [0.5, 0.6) is 17.2 Å². The predicted octanol–water partition coefficient (Wildman–Crippen LogP) is 9.74. The average Bonchev–Trinajstić information content (AvgIpc) is 4.13. The fourth-order valence-electron chi connectivity index (χ4n) is 10.9. The summed E-state index contributed by atoms with van der Waals surface area (Å²) in [6.45, 7) is 7.55. The summed E-state index contributed by atoms with van der Waals surface area (Å²) in [6.07, 6.45) is 3.97. The molecule has 0 aliphatic carbocycles. The van der Waals surface area contributed by atoms with Gasteiger partial charge in [0.2, 0.25) is 5.91 Å². The Hall–Kier alpha value is -5.90. The van der Waals surface area contributed by atoms with Crippen molar-refractivity contribution >= 4 is 82.4 Å². The molecule has 4 atom stereocenters. The monoisotopic (exact) mass is 1140 g/mol. The molecule has 414 valence electrons. The van der Waals surface area contributed by atoms with Crippen LogP contribution in [0.25, 0.3) is 0 Å². The Labute approximate surface area is 464 Å². The number of fused-ring (bicyclic) bond motifs is 8. The van der Waals surface area contributed by atoms with E-state index in [4.69, 9.17) is 22.6 Å². The Balaban J connectivity index is 0.994. The van der Waals surface area contributed by atoms with E-state index in [1.165, 1.54) is 28.7 Å². The number of carbonyl (C=O) groups is 4. The SMILES string of the molecule is CCC(=O)CCC(C)(C)SSCCC(C(=O)Nc1cc(COc2cc3c(cc2C)C(=O)N2c4ccccc4C[C@H]2C(S(=O)(=O)OC)C3)cc(COc2cc3c(cc2OC)C(=O)N2c4ccccc4C[C@H]2CC3)c1)S(=O)(=O)OC. The maximum atomic E-state index is 14.5. The van der Waals surface area contributed by atoms with Crippen LogP contribution in [0, 0.1) is 6.92 Å². The quantitative estimate of drug-likeness (QED) is 0.0390. The summed E-state index contributed by atoms with van der Waals surface area (Å²) >= 11 is 0. The van der Waals surface area contributed by atoms with Gasteiger partial charge in [0.05, 0.1) is 27.4 Å². The number of ketones is 1. The number of nitrogens with zero attached hydrogens (tertiary/aromatic N) is 2. The molecule has 16 nitrogen and oxygen atoms in total. The van der Waals surface area contributed by atoms with Gasteiger partial charge in [-0.25, -0.2) is 0 Å². The summed E-state index contributed by atoms with van der Waals surface area (Å²) in [4.78, 5) is 58.4. The van der Waals surface area contributed by atoms with Gasteiger partial charge in [0, 0.05) is 57.6 Å². The van der Waals surface area contributed by atoms with Crippen molar-refractivity contribution in [3.63, 3.8) is 0 Å². The van der Waals surface area contributed by atoms with E-state index < -0.39 is 42.7 Å². The summed E-state index contributed by atoms with van der Waals surface area (Å²) in [5.74, 6) is 0.363. The number of ether oxygens (including phenoxy) is 3. The predicted molar refractivity (Wildman–Crippen MR) is 304 cm³/mol. The summed E-state index contributed by atoms with van der Waals surface area (Å²) in [5.41, 5.74) is 7.76. The second-order valence-electron chi connectivity index (χ2n) is 20.7. The Bertz CT molecular complexity index is 3380. The van der Waals surface area contributed by atoms with Crippen LogP contribution >= 0.6 is 21.6 Å². The number of hydrogen-bond donors (Lipinski definition) is 1. The molecule has 0 fully saturated rings. The number of para-hydroxylation sites is 2. The van der Waals surface area contributed by atoms with E-state index >= 15 is 0 Å². The number of Topliss-reactive ketones (excluding diaryl/α,β-unsaturated/α-hetero) is 1. The Morgan fingerprint density at radius 3 is 2.04 bits per heavy atom. The fraction of sp³-hybridized carbons (Fsp3) is 0.414. The van der Waals surface area contributed by atoms with Crippen LogP contribution in [0.15, 0.2) is 91.0 Å². The molecule has 0 saturated carbocycles. The molecular weight excluding hydrogens is 1070 g/mol. The zero-order valence-corrected chi connectivity index (χ0v) is 48.1. The summed E-state index contributed by atoms with van der Waals surface area (Å²) in [6, 6.07) is 26.8. The Morgan fingerprint density at radius 1 is 0.744 bits per heavy atom. The number of carbonyl (C=O) groups excluding carboxylic acids is 4. The molecule has 78 heavy (non-hydrogen) atoms. The number of anilines is 3. The number of nitrogens with one attached hydrogen (secondary N) is 1. The van der Waals surface area contributed by atoms with Crippen molar-refractivity contribution in [3.8, 4) is 17.2 Å². The van der Waals surface area contributed by atoms with Crippen molar-refractivity contribution < 1.29 is 58.6 Å². The molecule has 0 radical (unpaired) electrons. The van der Waals surface area contributed by atoms with Crippen LogP contribution in [0.1, 0.15) is 113 Å². The van der Waals surface area contributed by atoms with Gasteiger partial charge in [-0.05, 0) is 159 Å². The molecule has 2 unspecified atom stereocenters. The number of hydrogen-bond acceptors (Lipinski definition) is 15. The molecule has 4 aliphatic rings. The van der Waals surface area contributed by atoms with Gasteiger partial charge < -0.3 is 29.3 Å². The fourth-order valence-corrected chi connectivity index (χ4v) is 15.9. The highest BCUT2D eigenvalue weighted by atomic mass is 33.1. The lowest BCUT2D eigenvalue weighted by atomic mass is 9.97. The molecule has 0 saturated heterocycles. The van der Waals surface area contributed by atoms with E-state index in [0.717, 1.165) is 49.4 Å². The number of aryl methyl sites for hydroxylation is 2. The van der Waals surface area contributed by atoms with Crippen molar-refractivity contribution in [2.24, 2.45) is 0 Å².